The number of likely N-dealkylation sites (N-methyl/N-ethyl adjacent to an activating group) is 1. The van der Waals surface area contributed by atoms with Gasteiger partial charge in [-0.15, -0.1) is 0 Å². The molecule has 6 nitrogen and oxygen atoms in total. The monoisotopic (exact) mass is 485 g/mol. The van der Waals surface area contributed by atoms with Crippen LogP contribution in [0.3, 0.4) is 0 Å². The summed E-state index contributed by atoms with van der Waals surface area (Å²) in [6, 6.07) is 18.8. The Bertz CT molecular complexity index is 1470. The van der Waals surface area contributed by atoms with Crippen molar-refractivity contribution in [1.29, 1.82) is 0 Å². The van der Waals surface area contributed by atoms with Crippen molar-refractivity contribution in [1.82, 2.24) is 4.90 Å². The molecule has 1 heterocycles. The number of hydrogen-bond donors (Lipinski definition) is 0. The SMILES string of the molecule is COc1ccc(C(=O)Cc2cc3ccc(OCCN(C)C)c(C)c3oc2=O)cc1-c1cccc(C)c1. The van der Waals surface area contributed by atoms with E-state index in [2.05, 4.69) is 0 Å². The standard InChI is InChI=1S/C30H31NO5/c1-19-7-6-8-21(15-19)25-17-22(9-12-28(25)34-5)26(32)18-24-16-23-10-11-27(35-14-13-31(3)4)20(2)29(23)36-30(24)33/h6-12,15-17H,13-14,18H2,1-5H3. The van der Waals surface area contributed by atoms with Gasteiger partial charge in [0, 0.05) is 40.6 Å². The molecule has 0 saturated carbocycles. The summed E-state index contributed by atoms with van der Waals surface area (Å²) in [5.41, 5.74) is 4.46. The first-order valence-corrected chi connectivity index (χ1v) is 11.9. The average molecular weight is 486 g/mol. The molecule has 0 spiro atoms. The Balaban J connectivity index is 1.61. The Labute approximate surface area is 211 Å². The van der Waals surface area contributed by atoms with Crippen LogP contribution >= 0.6 is 0 Å². The molecule has 0 radical (unpaired) electrons. The number of rotatable bonds is 9. The van der Waals surface area contributed by atoms with Crippen LogP contribution in [-0.4, -0.2) is 45.0 Å². The Kier molecular flexibility index (Phi) is 7.55. The van der Waals surface area contributed by atoms with Gasteiger partial charge in [-0.3, -0.25) is 4.79 Å². The van der Waals surface area contributed by atoms with E-state index < -0.39 is 5.63 Å². The van der Waals surface area contributed by atoms with Crippen molar-refractivity contribution < 1.29 is 18.7 Å². The van der Waals surface area contributed by atoms with Crippen LogP contribution in [0.5, 0.6) is 11.5 Å². The van der Waals surface area contributed by atoms with Crippen molar-refractivity contribution >= 4 is 16.8 Å². The third-order valence-corrected chi connectivity index (χ3v) is 6.17. The summed E-state index contributed by atoms with van der Waals surface area (Å²) >= 11 is 0. The molecule has 0 saturated heterocycles. The van der Waals surface area contributed by atoms with Gasteiger partial charge in [0.1, 0.15) is 23.7 Å². The van der Waals surface area contributed by atoms with Crippen LogP contribution in [0.25, 0.3) is 22.1 Å². The maximum Gasteiger partial charge on any atom is 0.339 e. The summed E-state index contributed by atoms with van der Waals surface area (Å²) in [6.45, 7) is 5.19. The highest BCUT2D eigenvalue weighted by molar-refractivity contribution is 5.99. The number of hydrogen-bond acceptors (Lipinski definition) is 6. The van der Waals surface area contributed by atoms with E-state index in [9.17, 15) is 9.59 Å². The van der Waals surface area contributed by atoms with Gasteiger partial charge in [0.25, 0.3) is 0 Å². The van der Waals surface area contributed by atoms with Crippen LogP contribution < -0.4 is 15.1 Å². The van der Waals surface area contributed by atoms with Crippen LogP contribution in [-0.2, 0) is 6.42 Å². The third-order valence-electron chi connectivity index (χ3n) is 6.17. The van der Waals surface area contributed by atoms with E-state index in [4.69, 9.17) is 13.9 Å². The van der Waals surface area contributed by atoms with Gasteiger partial charge in [-0.2, -0.15) is 0 Å². The Morgan fingerprint density at radius 3 is 2.47 bits per heavy atom. The fraction of sp³-hybridized carbons (Fsp3) is 0.267. The summed E-state index contributed by atoms with van der Waals surface area (Å²) in [5.74, 6) is 1.19. The van der Waals surface area contributed by atoms with Crippen molar-refractivity contribution in [2.75, 3.05) is 34.4 Å². The number of fused-ring (bicyclic) bond motifs is 1. The maximum absolute atomic E-state index is 13.2. The smallest absolute Gasteiger partial charge is 0.339 e. The molecule has 36 heavy (non-hydrogen) atoms. The minimum Gasteiger partial charge on any atom is -0.496 e. The van der Waals surface area contributed by atoms with Gasteiger partial charge in [0.15, 0.2) is 5.78 Å². The molecule has 0 N–H and O–H groups in total. The van der Waals surface area contributed by atoms with Crippen LogP contribution in [0, 0.1) is 13.8 Å². The van der Waals surface area contributed by atoms with Gasteiger partial charge in [-0.05, 0) is 69.9 Å². The molecule has 0 atom stereocenters. The maximum atomic E-state index is 13.2. The van der Waals surface area contributed by atoms with E-state index in [1.807, 2.05) is 75.3 Å². The predicted octanol–water partition coefficient (Wildman–Crippen LogP) is 5.45. The van der Waals surface area contributed by atoms with Crippen molar-refractivity contribution in [2.45, 2.75) is 20.3 Å². The number of benzene rings is 3. The number of methoxy groups -OCH3 is 1. The van der Waals surface area contributed by atoms with Crippen LogP contribution in [0.15, 0.2) is 69.9 Å². The lowest BCUT2D eigenvalue weighted by atomic mass is 9.96. The summed E-state index contributed by atoms with van der Waals surface area (Å²) in [6.07, 6.45) is -0.0575. The summed E-state index contributed by atoms with van der Waals surface area (Å²) in [7, 11) is 5.57. The Morgan fingerprint density at radius 2 is 1.75 bits per heavy atom. The first-order chi connectivity index (χ1) is 17.3. The summed E-state index contributed by atoms with van der Waals surface area (Å²) < 4.78 is 17.0. The summed E-state index contributed by atoms with van der Waals surface area (Å²) in [5, 5.41) is 0.755. The lowest BCUT2D eigenvalue weighted by Crippen LogP contribution is -2.19. The second-order valence-electron chi connectivity index (χ2n) is 9.20. The van der Waals surface area contributed by atoms with Crippen LogP contribution in [0.2, 0.25) is 0 Å². The lowest BCUT2D eigenvalue weighted by Gasteiger charge is -2.14. The second-order valence-corrected chi connectivity index (χ2v) is 9.20. The molecule has 0 amide bonds. The average Bonchev–Trinajstić information content (AvgIpc) is 2.86. The van der Waals surface area contributed by atoms with Crippen molar-refractivity contribution in [3.05, 3.63) is 93.3 Å². The van der Waals surface area contributed by atoms with Crippen LogP contribution in [0.4, 0.5) is 0 Å². The molecule has 4 rings (SSSR count). The fourth-order valence-corrected chi connectivity index (χ4v) is 4.16. The number of aryl methyl sites for hydroxylation is 2. The normalized spacial score (nSPS) is 11.2. The van der Waals surface area contributed by atoms with E-state index in [-0.39, 0.29) is 12.2 Å². The predicted molar refractivity (Wildman–Crippen MR) is 142 cm³/mol. The summed E-state index contributed by atoms with van der Waals surface area (Å²) in [4.78, 5) is 28.0. The van der Waals surface area contributed by atoms with Crippen molar-refractivity contribution in [2.24, 2.45) is 0 Å². The molecular formula is C30H31NO5. The number of Topliss-reactive ketones (excluding diaryl/α,β-unsaturated/α-hetero) is 1. The number of ether oxygens (including phenoxy) is 2. The first-order valence-electron chi connectivity index (χ1n) is 11.9. The largest absolute Gasteiger partial charge is 0.496 e. The number of ketones is 1. The van der Waals surface area contributed by atoms with Gasteiger partial charge in [0.2, 0.25) is 0 Å². The molecular weight excluding hydrogens is 454 g/mol. The topological polar surface area (TPSA) is 69.0 Å². The van der Waals surface area contributed by atoms with Crippen molar-refractivity contribution in [3.8, 4) is 22.6 Å². The van der Waals surface area contributed by atoms with E-state index in [1.165, 1.54) is 0 Å². The molecule has 1 aromatic heterocycles. The Hall–Kier alpha value is -3.90. The highest BCUT2D eigenvalue weighted by Gasteiger charge is 2.17. The molecule has 186 valence electrons. The zero-order valence-corrected chi connectivity index (χ0v) is 21.4. The van der Waals surface area contributed by atoms with E-state index in [0.717, 1.165) is 34.2 Å². The molecule has 6 heteroatoms. The third kappa shape index (κ3) is 5.50. The van der Waals surface area contributed by atoms with Gasteiger partial charge in [-0.1, -0.05) is 29.8 Å². The molecule has 0 unspecified atom stereocenters. The number of carbonyl (C=O) groups excluding carboxylic acids is 1. The van der Waals surface area contributed by atoms with Gasteiger partial charge in [-0.25, -0.2) is 4.79 Å². The molecule has 4 aromatic rings. The highest BCUT2D eigenvalue weighted by atomic mass is 16.5. The van der Waals surface area contributed by atoms with E-state index >= 15 is 0 Å². The zero-order chi connectivity index (χ0) is 25.8. The fourth-order valence-electron chi connectivity index (χ4n) is 4.16. The van der Waals surface area contributed by atoms with E-state index in [0.29, 0.717) is 34.8 Å². The zero-order valence-electron chi connectivity index (χ0n) is 21.4. The minimum atomic E-state index is -0.517. The quantitative estimate of drug-likeness (QED) is 0.232. The molecule has 0 aliphatic carbocycles. The minimum absolute atomic E-state index is 0.0575. The molecule has 3 aromatic carbocycles. The van der Waals surface area contributed by atoms with Gasteiger partial charge in [0.05, 0.1) is 7.11 Å². The molecule has 0 bridgehead atoms. The van der Waals surface area contributed by atoms with Gasteiger partial charge >= 0.3 is 5.63 Å². The van der Waals surface area contributed by atoms with Gasteiger partial charge < -0.3 is 18.8 Å². The van der Waals surface area contributed by atoms with E-state index in [1.54, 1.807) is 25.3 Å². The number of nitrogens with zero attached hydrogens (tertiary/aromatic N) is 1. The lowest BCUT2D eigenvalue weighted by molar-refractivity contribution is 0.0992. The highest BCUT2D eigenvalue weighted by Crippen LogP contribution is 2.32. The number of carbonyl (C=O) groups is 1. The Morgan fingerprint density at radius 1 is 0.972 bits per heavy atom. The molecule has 0 aliphatic rings. The van der Waals surface area contributed by atoms with Crippen molar-refractivity contribution in [3.63, 3.8) is 0 Å². The molecule has 0 aliphatic heterocycles. The second kappa shape index (κ2) is 10.8. The first kappa shape index (κ1) is 25.2. The van der Waals surface area contributed by atoms with Crippen LogP contribution in [0.1, 0.15) is 27.0 Å². The molecule has 0 fully saturated rings.